The molecule has 0 radical (unpaired) electrons. The fourth-order valence-corrected chi connectivity index (χ4v) is 1.28. The Morgan fingerprint density at radius 1 is 1.45 bits per heavy atom. The van der Waals surface area contributed by atoms with Crippen molar-refractivity contribution in [3.8, 4) is 0 Å². The molecule has 0 fully saturated rings. The van der Waals surface area contributed by atoms with Gasteiger partial charge in [0, 0.05) is 25.8 Å². The summed E-state index contributed by atoms with van der Waals surface area (Å²) in [7, 11) is 1.85. The Kier molecular flexibility index (Phi) is 6.42. The minimum absolute atomic E-state index is 0.258. The average molecular weight is 175 g/mol. The molecule has 0 N–H and O–H groups in total. The molecule has 66 valence electrons. The van der Waals surface area contributed by atoms with E-state index in [1.54, 1.807) is 4.90 Å². The monoisotopic (exact) mass is 175 g/mol. The van der Waals surface area contributed by atoms with Crippen LogP contribution in [0.1, 0.15) is 20.3 Å². The standard InChI is InChI=1S/C8H17NOS/c1-4-9(3)8(10)6-7-11-5-2/h4-7H2,1-3H3. The van der Waals surface area contributed by atoms with Crippen molar-refractivity contribution in [1.82, 2.24) is 4.90 Å². The van der Waals surface area contributed by atoms with Crippen molar-refractivity contribution in [1.29, 1.82) is 0 Å². The summed E-state index contributed by atoms with van der Waals surface area (Å²) < 4.78 is 0. The van der Waals surface area contributed by atoms with E-state index in [-0.39, 0.29) is 5.91 Å². The molecule has 2 nitrogen and oxygen atoms in total. The van der Waals surface area contributed by atoms with Crippen molar-refractivity contribution in [2.75, 3.05) is 25.1 Å². The third kappa shape index (κ3) is 5.13. The van der Waals surface area contributed by atoms with E-state index in [9.17, 15) is 4.79 Å². The van der Waals surface area contributed by atoms with Crippen LogP contribution in [0.3, 0.4) is 0 Å². The van der Waals surface area contributed by atoms with E-state index < -0.39 is 0 Å². The second-order valence-electron chi connectivity index (χ2n) is 2.35. The van der Waals surface area contributed by atoms with Gasteiger partial charge >= 0.3 is 0 Å². The van der Waals surface area contributed by atoms with Crippen LogP contribution >= 0.6 is 11.8 Å². The molecule has 0 bridgehead atoms. The first-order valence-electron chi connectivity index (χ1n) is 4.04. The minimum atomic E-state index is 0.258. The number of rotatable bonds is 5. The topological polar surface area (TPSA) is 20.3 Å². The number of nitrogens with zero attached hydrogens (tertiary/aromatic N) is 1. The Morgan fingerprint density at radius 3 is 2.55 bits per heavy atom. The summed E-state index contributed by atoms with van der Waals surface area (Å²) in [5.41, 5.74) is 0. The molecule has 0 saturated heterocycles. The van der Waals surface area contributed by atoms with Crippen LogP contribution < -0.4 is 0 Å². The van der Waals surface area contributed by atoms with Crippen molar-refractivity contribution in [2.45, 2.75) is 20.3 Å². The lowest BCUT2D eigenvalue weighted by atomic mass is 10.4. The zero-order valence-corrected chi connectivity index (χ0v) is 8.41. The molecule has 0 aromatic heterocycles. The largest absolute Gasteiger partial charge is 0.346 e. The first-order valence-corrected chi connectivity index (χ1v) is 5.19. The highest BCUT2D eigenvalue weighted by molar-refractivity contribution is 7.99. The Labute approximate surface area is 73.3 Å². The second kappa shape index (κ2) is 6.53. The van der Waals surface area contributed by atoms with E-state index in [1.165, 1.54) is 0 Å². The third-order valence-corrected chi connectivity index (χ3v) is 2.47. The summed E-state index contributed by atoms with van der Waals surface area (Å²) in [6.45, 7) is 4.92. The molecular formula is C8H17NOS. The average Bonchev–Trinajstić information content (AvgIpc) is 2.03. The van der Waals surface area contributed by atoms with E-state index in [0.29, 0.717) is 6.42 Å². The van der Waals surface area contributed by atoms with Gasteiger partial charge in [0.1, 0.15) is 0 Å². The zero-order valence-electron chi connectivity index (χ0n) is 7.59. The highest BCUT2D eigenvalue weighted by atomic mass is 32.2. The van der Waals surface area contributed by atoms with Gasteiger partial charge in [-0.15, -0.1) is 0 Å². The predicted molar refractivity (Wildman–Crippen MR) is 50.9 cm³/mol. The third-order valence-electron chi connectivity index (χ3n) is 1.56. The Hall–Kier alpha value is -0.180. The molecule has 11 heavy (non-hydrogen) atoms. The van der Waals surface area contributed by atoms with E-state index in [1.807, 2.05) is 25.7 Å². The van der Waals surface area contributed by atoms with E-state index >= 15 is 0 Å². The van der Waals surface area contributed by atoms with E-state index in [4.69, 9.17) is 0 Å². The molecule has 1 amide bonds. The normalized spacial score (nSPS) is 9.73. The summed E-state index contributed by atoms with van der Waals surface area (Å²) in [6, 6.07) is 0. The molecule has 0 aromatic carbocycles. The molecule has 0 aliphatic heterocycles. The number of amides is 1. The molecule has 0 heterocycles. The lowest BCUT2D eigenvalue weighted by Crippen LogP contribution is -2.26. The van der Waals surface area contributed by atoms with Gasteiger partial charge < -0.3 is 4.90 Å². The number of carbonyl (C=O) groups is 1. The molecule has 0 aliphatic rings. The van der Waals surface area contributed by atoms with Gasteiger partial charge in [0.05, 0.1) is 0 Å². The van der Waals surface area contributed by atoms with Gasteiger partial charge in [0.25, 0.3) is 0 Å². The smallest absolute Gasteiger partial charge is 0.223 e. The Morgan fingerprint density at radius 2 is 2.09 bits per heavy atom. The van der Waals surface area contributed by atoms with Gasteiger partial charge in [-0.1, -0.05) is 6.92 Å². The van der Waals surface area contributed by atoms with Gasteiger partial charge in [0.15, 0.2) is 0 Å². The molecule has 0 unspecified atom stereocenters. The lowest BCUT2D eigenvalue weighted by molar-refractivity contribution is -0.129. The molecule has 0 rings (SSSR count). The Balaban J connectivity index is 3.36. The number of thioether (sulfide) groups is 1. The van der Waals surface area contributed by atoms with Crippen molar-refractivity contribution in [3.05, 3.63) is 0 Å². The highest BCUT2D eigenvalue weighted by Gasteiger charge is 2.04. The summed E-state index contributed by atoms with van der Waals surface area (Å²) in [5.74, 6) is 2.32. The molecule has 0 aromatic rings. The second-order valence-corrected chi connectivity index (χ2v) is 3.75. The van der Waals surface area contributed by atoms with Gasteiger partial charge in [-0.25, -0.2) is 0 Å². The summed E-state index contributed by atoms with van der Waals surface area (Å²) in [4.78, 5) is 12.9. The summed E-state index contributed by atoms with van der Waals surface area (Å²) in [5, 5.41) is 0. The predicted octanol–water partition coefficient (Wildman–Crippen LogP) is 1.61. The van der Waals surface area contributed by atoms with E-state index in [0.717, 1.165) is 18.1 Å². The molecule has 0 spiro atoms. The molecule has 0 aliphatic carbocycles. The Bertz CT molecular complexity index is 117. The lowest BCUT2D eigenvalue weighted by Gasteiger charge is -2.13. The number of hydrogen-bond acceptors (Lipinski definition) is 2. The van der Waals surface area contributed by atoms with E-state index in [2.05, 4.69) is 6.92 Å². The maximum atomic E-state index is 11.2. The van der Waals surface area contributed by atoms with Crippen LogP contribution in [0.5, 0.6) is 0 Å². The maximum absolute atomic E-state index is 11.2. The first kappa shape index (κ1) is 10.8. The number of carbonyl (C=O) groups excluding carboxylic acids is 1. The van der Waals surface area contributed by atoms with Crippen LogP contribution in [0, 0.1) is 0 Å². The number of hydrogen-bond donors (Lipinski definition) is 0. The zero-order chi connectivity index (χ0) is 8.69. The van der Waals surface area contributed by atoms with Crippen molar-refractivity contribution in [2.24, 2.45) is 0 Å². The van der Waals surface area contributed by atoms with Crippen molar-refractivity contribution < 1.29 is 4.79 Å². The molecule has 3 heteroatoms. The van der Waals surface area contributed by atoms with Crippen LogP contribution in [0.25, 0.3) is 0 Å². The van der Waals surface area contributed by atoms with Crippen LogP contribution in [-0.2, 0) is 4.79 Å². The first-order chi connectivity index (χ1) is 5.22. The fraction of sp³-hybridized carbons (Fsp3) is 0.875. The van der Waals surface area contributed by atoms with Crippen molar-refractivity contribution >= 4 is 17.7 Å². The quantitative estimate of drug-likeness (QED) is 0.592. The van der Waals surface area contributed by atoms with Crippen LogP contribution in [0.15, 0.2) is 0 Å². The highest BCUT2D eigenvalue weighted by Crippen LogP contribution is 2.02. The van der Waals surface area contributed by atoms with Crippen LogP contribution in [-0.4, -0.2) is 35.9 Å². The molecule has 0 atom stereocenters. The minimum Gasteiger partial charge on any atom is -0.346 e. The van der Waals surface area contributed by atoms with Gasteiger partial charge in [-0.05, 0) is 12.7 Å². The molecular weight excluding hydrogens is 158 g/mol. The maximum Gasteiger partial charge on any atom is 0.223 e. The van der Waals surface area contributed by atoms with Gasteiger partial charge in [-0.2, -0.15) is 11.8 Å². The van der Waals surface area contributed by atoms with Gasteiger partial charge in [-0.3, -0.25) is 4.79 Å². The van der Waals surface area contributed by atoms with Gasteiger partial charge in [0.2, 0.25) is 5.91 Å². The fourth-order valence-electron chi connectivity index (χ4n) is 0.671. The molecule has 0 saturated carbocycles. The van der Waals surface area contributed by atoms with Crippen LogP contribution in [0.2, 0.25) is 0 Å². The van der Waals surface area contributed by atoms with Crippen molar-refractivity contribution in [3.63, 3.8) is 0 Å². The summed E-state index contributed by atoms with van der Waals surface area (Å²) >= 11 is 1.82. The van der Waals surface area contributed by atoms with Crippen LogP contribution in [0.4, 0.5) is 0 Å². The summed E-state index contributed by atoms with van der Waals surface area (Å²) in [6.07, 6.45) is 0.683. The SMILES string of the molecule is CCSCCC(=O)N(C)CC.